The van der Waals surface area contributed by atoms with Crippen LogP contribution in [0, 0.1) is 0 Å². The first-order valence-corrected chi connectivity index (χ1v) is 7.18. The van der Waals surface area contributed by atoms with Gasteiger partial charge in [-0.2, -0.15) is 0 Å². The number of pyridine rings is 1. The molecule has 1 fully saturated rings. The molecule has 0 aromatic carbocycles. The van der Waals surface area contributed by atoms with Crippen LogP contribution in [0.3, 0.4) is 0 Å². The molecule has 0 radical (unpaired) electrons. The van der Waals surface area contributed by atoms with Gasteiger partial charge in [0.25, 0.3) is 5.91 Å². The van der Waals surface area contributed by atoms with Gasteiger partial charge < -0.3 is 9.64 Å². The third-order valence-corrected chi connectivity index (χ3v) is 3.69. The molecule has 1 aliphatic heterocycles. The van der Waals surface area contributed by atoms with Crippen LogP contribution in [-0.4, -0.2) is 66.5 Å². The Labute approximate surface area is 128 Å². The number of esters is 1. The van der Waals surface area contributed by atoms with Crippen LogP contribution in [0.25, 0.3) is 0 Å². The Kier molecular flexibility index (Phi) is 5.52. The van der Waals surface area contributed by atoms with Crippen molar-refractivity contribution in [1.82, 2.24) is 14.8 Å². The fraction of sp³-hybridized carbons (Fsp3) is 0.500. The molecule has 1 aliphatic rings. The molecule has 0 spiro atoms. The van der Waals surface area contributed by atoms with Crippen molar-refractivity contribution in [2.75, 3.05) is 39.8 Å². The van der Waals surface area contributed by atoms with Gasteiger partial charge in [0.2, 0.25) is 0 Å². The normalized spacial score (nSPS) is 15.8. The second-order valence-electron chi connectivity index (χ2n) is 4.82. The van der Waals surface area contributed by atoms with Crippen LogP contribution in [0.4, 0.5) is 0 Å². The van der Waals surface area contributed by atoms with Gasteiger partial charge >= 0.3 is 5.97 Å². The average molecular weight is 312 g/mol. The van der Waals surface area contributed by atoms with E-state index in [9.17, 15) is 9.59 Å². The van der Waals surface area contributed by atoms with Crippen molar-refractivity contribution in [1.29, 1.82) is 0 Å². The Bertz CT molecular complexity index is 499. The fourth-order valence-electron chi connectivity index (χ4n) is 2.19. The number of ether oxygens (including phenoxy) is 1. The molecule has 0 atom stereocenters. The number of rotatable bonds is 4. The Balaban J connectivity index is 1.82. The van der Waals surface area contributed by atoms with Crippen molar-refractivity contribution >= 4 is 23.5 Å². The molecule has 7 heteroatoms. The summed E-state index contributed by atoms with van der Waals surface area (Å²) in [7, 11) is 1.39. The number of methoxy groups -OCH3 is 1. The Morgan fingerprint density at radius 2 is 2.00 bits per heavy atom. The first-order valence-electron chi connectivity index (χ1n) is 6.80. The topological polar surface area (TPSA) is 62.7 Å². The van der Waals surface area contributed by atoms with Crippen LogP contribution in [-0.2, 0) is 9.53 Å². The van der Waals surface area contributed by atoms with E-state index in [2.05, 4.69) is 14.6 Å². The van der Waals surface area contributed by atoms with Gasteiger partial charge in [-0.05, 0) is 12.1 Å². The number of halogens is 1. The first kappa shape index (κ1) is 15.7. The van der Waals surface area contributed by atoms with E-state index in [1.165, 1.54) is 13.3 Å². The molecule has 1 amide bonds. The van der Waals surface area contributed by atoms with Crippen molar-refractivity contribution < 1.29 is 14.3 Å². The maximum Gasteiger partial charge on any atom is 0.306 e. The van der Waals surface area contributed by atoms with Gasteiger partial charge in [-0.1, -0.05) is 11.6 Å². The number of amides is 1. The zero-order valence-corrected chi connectivity index (χ0v) is 12.7. The minimum Gasteiger partial charge on any atom is -0.469 e. The molecule has 0 unspecified atom stereocenters. The van der Waals surface area contributed by atoms with Crippen LogP contribution in [0.15, 0.2) is 18.3 Å². The van der Waals surface area contributed by atoms with Crippen molar-refractivity contribution in [3.05, 3.63) is 29.0 Å². The zero-order chi connectivity index (χ0) is 15.2. The van der Waals surface area contributed by atoms with Gasteiger partial charge in [-0.25, -0.2) is 4.98 Å². The molecule has 0 N–H and O–H groups in total. The summed E-state index contributed by atoms with van der Waals surface area (Å²) >= 11 is 5.76. The van der Waals surface area contributed by atoms with Gasteiger partial charge in [-0.15, -0.1) is 0 Å². The van der Waals surface area contributed by atoms with Gasteiger partial charge in [0.1, 0.15) is 5.69 Å². The lowest BCUT2D eigenvalue weighted by Gasteiger charge is -2.34. The van der Waals surface area contributed by atoms with Gasteiger partial charge in [0.05, 0.1) is 18.6 Å². The Morgan fingerprint density at radius 3 is 2.57 bits per heavy atom. The molecule has 0 bridgehead atoms. The summed E-state index contributed by atoms with van der Waals surface area (Å²) in [5.41, 5.74) is 0.405. The molecule has 0 aliphatic carbocycles. The molecule has 1 saturated heterocycles. The predicted octanol–water partition coefficient (Wildman–Crippen LogP) is 1.06. The van der Waals surface area contributed by atoms with Crippen molar-refractivity contribution in [3.63, 3.8) is 0 Å². The highest BCUT2D eigenvalue weighted by Crippen LogP contribution is 2.10. The molecular formula is C14H18ClN3O3. The Hall–Kier alpha value is -1.66. The van der Waals surface area contributed by atoms with E-state index in [0.717, 1.165) is 13.1 Å². The lowest BCUT2D eigenvalue weighted by atomic mass is 10.2. The highest BCUT2D eigenvalue weighted by molar-refractivity contribution is 6.30. The van der Waals surface area contributed by atoms with Crippen LogP contribution in [0.1, 0.15) is 16.9 Å². The van der Waals surface area contributed by atoms with Crippen LogP contribution in [0.2, 0.25) is 5.02 Å². The summed E-state index contributed by atoms with van der Waals surface area (Å²) < 4.78 is 4.62. The largest absolute Gasteiger partial charge is 0.469 e. The maximum absolute atomic E-state index is 12.3. The van der Waals surface area contributed by atoms with Crippen LogP contribution in [0.5, 0.6) is 0 Å². The summed E-state index contributed by atoms with van der Waals surface area (Å²) in [4.78, 5) is 31.3. The summed E-state index contributed by atoms with van der Waals surface area (Å²) in [6.07, 6.45) is 1.85. The third-order valence-electron chi connectivity index (χ3n) is 3.47. The molecular weight excluding hydrogens is 294 g/mol. The quantitative estimate of drug-likeness (QED) is 0.778. The van der Waals surface area contributed by atoms with E-state index in [-0.39, 0.29) is 11.9 Å². The van der Waals surface area contributed by atoms with Gasteiger partial charge in [-0.3, -0.25) is 14.5 Å². The minimum absolute atomic E-state index is 0.0840. The number of carbonyl (C=O) groups is 2. The number of nitrogens with zero attached hydrogens (tertiary/aromatic N) is 3. The summed E-state index contributed by atoms with van der Waals surface area (Å²) in [5.74, 6) is -0.293. The van der Waals surface area contributed by atoms with Crippen molar-refractivity contribution in [3.8, 4) is 0 Å². The van der Waals surface area contributed by atoms with Gasteiger partial charge in [0, 0.05) is 38.9 Å². The number of hydrogen-bond donors (Lipinski definition) is 0. The smallest absolute Gasteiger partial charge is 0.306 e. The molecule has 6 nitrogen and oxygen atoms in total. The standard InChI is InChI=1S/C14H18ClN3O3/c1-21-13(19)4-5-17-6-8-18(9-7-17)14(20)12-3-2-11(15)10-16-12/h2-3,10H,4-9H2,1H3. The minimum atomic E-state index is -0.209. The van der Waals surface area contributed by atoms with E-state index >= 15 is 0 Å². The molecule has 1 aromatic rings. The fourth-order valence-corrected chi connectivity index (χ4v) is 2.30. The summed E-state index contributed by atoms with van der Waals surface area (Å²) in [6.45, 7) is 3.41. The van der Waals surface area contributed by atoms with Crippen LogP contribution >= 0.6 is 11.6 Å². The summed E-state index contributed by atoms with van der Waals surface area (Å²) in [5, 5.41) is 0.513. The van der Waals surface area contributed by atoms with E-state index in [1.807, 2.05) is 0 Å². The second-order valence-corrected chi connectivity index (χ2v) is 5.26. The predicted molar refractivity (Wildman–Crippen MR) is 78.2 cm³/mol. The van der Waals surface area contributed by atoms with E-state index < -0.39 is 0 Å². The average Bonchev–Trinajstić information content (AvgIpc) is 2.53. The second kappa shape index (κ2) is 7.38. The zero-order valence-electron chi connectivity index (χ0n) is 11.9. The molecule has 2 rings (SSSR count). The molecule has 21 heavy (non-hydrogen) atoms. The number of piperazine rings is 1. The molecule has 2 heterocycles. The molecule has 0 saturated carbocycles. The first-order chi connectivity index (χ1) is 10.1. The monoisotopic (exact) mass is 311 g/mol. The van der Waals surface area contributed by atoms with Crippen LogP contribution < -0.4 is 0 Å². The number of carbonyl (C=O) groups excluding carboxylic acids is 2. The molecule has 114 valence electrons. The van der Waals surface area contributed by atoms with Crippen molar-refractivity contribution in [2.45, 2.75) is 6.42 Å². The van der Waals surface area contributed by atoms with Gasteiger partial charge in [0.15, 0.2) is 0 Å². The highest BCUT2D eigenvalue weighted by Gasteiger charge is 2.23. The van der Waals surface area contributed by atoms with E-state index in [4.69, 9.17) is 11.6 Å². The number of hydrogen-bond acceptors (Lipinski definition) is 5. The highest BCUT2D eigenvalue weighted by atomic mass is 35.5. The molecule has 1 aromatic heterocycles. The Morgan fingerprint density at radius 1 is 1.29 bits per heavy atom. The van der Waals surface area contributed by atoms with E-state index in [0.29, 0.717) is 36.8 Å². The lowest BCUT2D eigenvalue weighted by Crippen LogP contribution is -2.49. The van der Waals surface area contributed by atoms with E-state index in [1.54, 1.807) is 17.0 Å². The van der Waals surface area contributed by atoms with Crippen molar-refractivity contribution in [2.24, 2.45) is 0 Å². The number of aromatic nitrogens is 1. The third kappa shape index (κ3) is 4.41. The lowest BCUT2D eigenvalue weighted by molar-refractivity contribution is -0.141. The SMILES string of the molecule is COC(=O)CCN1CCN(C(=O)c2ccc(Cl)cn2)CC1. The summed E-state index contributed by atoms with van der Waals surface area (Å²) in [6, 6.07) is 3.29. The maximum atomic E-state index is 12.3.